The van der Waals surface area contributed by atoms with Crippen LogP contribution < -0.4 is 5.73 Å². The van der Waals surface area contributed by atoms with Crippen LogP contribution >= 0.6 is 0 Å². The lowest BCUT2D eigenvalue weighted by Crippen LogP contribution is -2.34. The zero-order chi connectivity index (χ0) is 9.80. The van der Waals surface area contributed by atoms with E-state index in [2.05, 4.69) is 0 Å². The van der Waals surface area contributed by atoms with Crippen molar-refractivity contribution in [3.05, 3.63) is 0 Å². The third-order valence-corrected chi connectivity index (χ3v) is 3.81. The van der Waals surface area contributed by atoms with Gasteiger partial charge in [-0.25, -0.2) is 0 Å². The maximum Gasteiger partial charge on any atom is 0.0590 e. The maximum absolute atomic E-state index is 6.25. The normalized spacial score (nSPS) is 31.9. The first-order chi connectivity index (χ1) is 6.86. The lowest BCUT2D eigenvalue weighted by atomic mass is 9.82. The topological polar surface area (TPSA) is 35.2 Å². The van der Waals surface area contributed by atoms with Crippen molar-refractivity contribution >= 4 is 0 Å². The van der Waals surface area contributed by atoms with E-state index in [0.717, 1.165) is 18.9 Å². The fraction of sp³-hybridized carbons (Fsp3) is 1.00. The van der Waals surface area contributed by atoms with Crippen LogP contribution in [0.2, 0.25) is 0 Å². The van der Waals surface area contributed by atoms with Gasteiger partial charge in [0.2, 0.25) is 0 Å². The summed E-state index contributed by atoms with van der Waals surface area (Å²) in [6.07, 6.45) is 11.0. The summed E-state index contributed by atoms with van der Waals surface area (Å²) in [5, 5.41) is 0. The minimum atomic E-state index is 0.401. The molecule has 0 aromatic carbocycles. The third-order valence-electron chi connectivity index (χ3n) is 3.81. The highest BCUT2D eigenvalue weighted by atomic mass is 16.5. The summed E-state index contributed by atoms with van der Waals surface area (Å²) in [7, 11) is 0. The summed E-state index contributed by atoms with van der Waals surface area (Å²) in [6, 6.07) is 0.401. The number of hydrogen-bond acceptors (Lipinski definition) is 2. The van der Waals surface area contributed by atoms with Crippen molar-refractivity contribution in [2.45, 2.75) is 63.5 Å². The van der Waals surface area contributed by atoms with Crippen molar-refractivity contribution in [3.8, 4) is 0 Å². The van der Waals surface area contributed by atoms with Crippen molar-refractivity contribution in [2.24, 2.45) is 11.7 Å². The second-order valence-corrected chi connectivity index (χ2v) is 4.93. The van der Waals surface area contributed by atoms with Crippen LogP contribution in [0.5, 0.6) is 0 Å². The van der Waals surface area contributed by atoms with Crippen molar-refractivity contribution in [2.75, 3.05) is 6.61 Å². The maximum atomic E-state index is 6.25. The van der Waals surface area contributed by atoms with E-state index in [9.17, 15) is 0 Å². The Morgan fingerprint density at radius 2 is 1.86 bits per heavy atom. The third kappa shape index (κ3) is 2.71. The van der Waals surface area contributed by atoms with Crippen LogP contribution in [0.15, 0.2) is 0 Å². The molecule has 0 amide bonds. The summed E-state index contributed by atoms with van der Waals surface area (Å²) < 4.78 is 5.63. The molecule has 0 bridgehead atoms. The Labute approximate surface area is 87.2 Å². The highest BCUT2D eigenvalue weighted by Gasteiger charge is 2.25. The van der Waals surface area contributed by atoms with Gasteiger partial charge in [-0.15, -0.1) is 0 Å². The number of nitrogens with two attached hydrogens (primary N) is 1. The van der Waals surface area contributed by atoms with E-state index in [1.165, 1.54) is 44.9 Å². The zero-order valence-electron chi connectivity index (χ0n) is 9.08. The highest BCUT2D eigenvalue weighted by Crippen LogP contribution is 2.29. The molecule has 1 saturated carbocycles. The Hall–Kier alpha value is -0.0800. The van der Waals surface area contributed by atoms with Gasteiger partial charge in [0.05, 0.1) is 6.10 Å². The molecular weight excluding hydrogens is 174 g/mol. The lowest BCUT2D eigenvalue weighted by Gasteiger charge is -2.28. The van der Waals surface area contributed by atoms with Crippen LogP contribution in [-0.4, -0.2) is 18.8 Å². The molecule has 2 heteroatoms. The summed E-state index contributed by atoms with van der Waals surface area (Å²) in [6.45, 7) is 0.960. The van der Waals surface area contributed by atoms with Crippen molar-refractivity contribution in [1.29, 1.82) is 0 Å². The van der Waals surface area contributed by atoms with E-state index in [-0.39, 0.29) is 0 Å². The van der Waals surface area contributed by atoms with Gasteiger partial charge in [-0.1, -0.05) is 19.3 Å². The fourth-order valence-corrected chi connectivity index (χ4v) is 2.89. The van der Waals surface area contributed by atoms with Gasteiger partial charge in [0.1, 0.15) is 0 Å². The molecule has 1 aliphatic heterocycles. The van der Waals surface area contributed by atoms with E-state index in [1.54, 1.807) is 0 Å². The lowest BCUT2D eigenvalue weighted by molar-refractivity contribution is 0.0890. The summed E-state index contributed by atoms with van der Waals surface area (Å²) >= 11 is 0. The van der Waals surface area contributed by atoms with Crippen molar-refractivity contribution in [3.63, 3.8) is 0 Å². The predicted molar refractivity (Wildman–Crippen MR) is 58.1 cm³/mol. The van der Waals surface area contributed by atoms with Crippen LogP contribution in [-0.2, 0) is 4.74 Å². The smallest absolute Gasteiger partial charge is 0.0590 e. The molecule has 1 heterocycles. The molecule has 0 spiro atoms. The Balaban J connectivity index is 1.72. The molecule has 2 atom stereocenters. The van der Waals surface area contributed by atoms with Gasteiger partial charge in [-0.3, -0.25) is 0 Å². The molecule has 2 nitrogen and oxygen atoms in total. The average Bonchev–Trinajstić information content (AvgIpc) is 2.72. The van der Waals surface area contributed by atoms with Crippen molar-refractivity contribution in [1.82, 2.24) is 0 Å². The molecule has 82 valence electrons. The van der Waals surface area contributed by atoms with Gasteiger partial charge in [-0.05, 0) is 38.0 Å². The molecule has 0 radical (unpaired) electrons. The van der Waals surface area contributed by atoms with Crippen LogP contribution in [0.25, 0.3) is 0 Å². The van der Waals surface area contributed by atoms with Gasteiger partial charge in [-0.2, -0.15) is 0 Å². The van der Waals surface area contributed by atoms with Crippen LogP contribution in [0.3, 0.4) is 0 Å². The summed E-state index contributed by atoms with van der Waals surface area (Å²) in [4.78, 5) is 0. The standard InChI is InChI=1S/C12H23NO/c13-12(9-11-7-4-8-14-11)10-5-2-1-3-6-10/h10-12H,1-9,13H2. The molecule has 2 rings (SSSR count). The quantitative estimate of drug-likeness (QED) is 0.754. The van der Waals surface area contributed by atoms with E-state index in [4.69, 9.17) is 10.5 Å². The van der Waals surface area contributed by atoms with Crippen molar-refractivity contribution < 1.29 is 4.74 Å². The molecule has 1 saturated heterocycles. The van der Waals surface area contributed by atoms with Gasteiger partial charge < -0.3 is 10.5 Å². The summed E-state index contributed by atoms with van der Waals surface area (Å²) in [5.41, 5.74) is 6.25. The first kappa shape index (κ1) is 10.4. The number of hydrogen-bond donors (Lipinski definition) is 1. The van der Waals surface area contributed by atoms with Gasteiger partial charge in [0, 0.05) is 12.6 Å². The van der Waals surface area contributed by atoms with E-state index in [1.807, 2.05) is 0 Å². The molecule has 2 N–H and O–H groups in total. The molecule has 0 aromatic heterocycles. The first-order valence-corrected chi connectivity index (χ1v) is 6.23. The molecule has 2 unspecified atom stereocenters. The van der Waals surface area contributed by atoms with E-state index in [0.29, 0.717) is 12.1 Å². The highest BCUT2D eigenvalue weighted by molar-refractivity contribution is 4.80. The average molecular weight is 197 g/mol. The summed E-state index contributed by atoms with van der Waals surface area (Å²) in [5.74, 6) is 0.785. The van der Waals surface area contributed by atoms with Gasteiger partial charge in [0.15, 0.2) is 0 Å². The molecule has 2 aliphatic rings. The van der Waals surface area contributed by atoms with E-state index < -0.39 is 0 Å². The monoisotopic (exact) mass is 197 g/mol. The SMILES string of the molecule is NC(CC1CCCO1)C1CCCCC1. The fourth-order valence-electron chi connectivity index (χ4n) is 2.89. The molecule has 14 heavy (non-hydrogen) atoms. The predicted octanol–water partition coefficient (Wildman–Crippen LogP) is 2.46. The molecule has 0 aromatic rings. The Morgan fingerprint density at radius 3 is 2.50 bits per heavy atom. The van der Waals surface area contributed by atoms with Crippen LogP contribution in [0.1, 0.15) is 51.4 Å². The molecular formula is C12H23NO. The Bertz CT molecular complexity index is 160. The Morgan fingerprint density at radius 1 is 1.07 bits per heavy atom. The van der Waals surface area contributed by atoms with Gasteiger partial charge >= 0.3 is 0 Å². The molecule has 1 aliphatic carbocycles. The Kier molecular flexibility index (Phi) is 3.82. The minimum Gasteiger partial charge on any atom is -0.378 e. The number of ether oxygens (including phenoxy) is 1. The zero-order valence-corrected chi connectivity index (χ0v) is 9.08. The largest absolute Gasteiger partial charge is 0.378 e. The first-order valence-electron chi connectivity index (χ1n) is 6.23. The van der Waals surface area contributed by atoms with Crippen LogP contribution in [0, 0.1) is 5.92 Å². The van der Waals surface area contributed by atoms with E-state index >= 15 is 0 Å². The van der Waals surface area contributed by atoms with Gasteiger partial charge in [0.25, 0.3) is 0 Å². The minimum absolute atomic E-state index is 0.401. The second-order valence-electron chi connectivity index (χ2n) is 4.93. The molecule has 2 fully saturated rings. The number of rotatable bonds is 3. The second kappa shape index (κ2) is 5.13. The van der Waals surface area contributed by atoms with Crippen LogP contribution in [0.4, 0.5) is 0 Å².